The van der Waals surface area contributed by atoms with E-state index >= 15 is 0 Å². The van der Waals surface area contributed by atoms with E-state index < -0.39 is 5.91 Å². The van der Waals surface area contributed by atoms with Crippen molar-refractivity contribution < 1.29 is 19.1 Å². The van der Waals surface area contributed by atoms with Crippen LogP contribution < -0.4 is 10.6 Å². The third kappa shape index (κ3) is 5.58. The van der Waals surface area contributed by atoms with Crippen LogP contribution in [0.15, 0.2) is 59.1 Å². The number of benzene rings is 2. The standard InChI is InChI=1S/C21H20ClN3O4/c22-16-7-3-1-5-14(16)18-13-25-20(29-18)10-9-19(27)23-11-12-24-21(28)15-6-2-4-8-17(15)26/h1-8,13,26H,9-12H2,(H,23,27)(H,24,28). The summed E-state index contributed by atoms with van der Waals surface area (Å²) in [4.78, 5) is 28.1. The summed E-state index contributed by atoms with van der Waals surface area (Å²) >= 11 is 6.14. The first-order valence-corrected chi connectivity index (χ1v) is 9.45. The molecule has 0 aliphatic rings. The van der Waals surface area contributed by atoms with Gasteiger partial charge in [0.05, 0.1) is 16.8 Å². The predicted molar refractivity (Wildman–Crippen MR) is 109 cm³/mol. The molecule has 0 radical (unpaired) electrons. The van der Waals surface area contributed by atoms with Gasteiger partial charge in [-0.15, -0.1) is 0 Å². The van der Waals surface area contributed by atoms with E-state index in [4.69, 9.17) is 16.0 Å². The Kier molecular flexibility index (Phi) is 6.86. The van der Waals surface area contributed by atoms with Crippen molar-refractivity contribution in [2.45, 2.75) is 12.8 Å². The summed E-state index contributed by atoms with van der Waals surface area (Å²) in [6.07, 6.45) is 2.14. The van der Waals surface area contributed by atoms with Crippen LogP contribution in [0.1, 0.15) is 22.7 Å². The van der Waals surface area contributed by atoms with Crippen LogP contribution in [0, 0.1) is 0 Å². The molecule has 0 saturated carbocycles. The maximum Gasteiger partial charge on any atom is 0.255 e. The van der Waals surface area contributed by atoms with E-state index in [1.165, 1.54) is 12.1 Å². The molecule has 150 valence electrons. The van der Waals surface area contributed by atoms with Crippen molar-refractivity contribution in [3.63, 3.8) is 0 Å². The summed E-state index contributed by atoms with van der Waals surface area (Å²) in [5.41, 5.74) is 0.939. The quantitative estimate of drug-likeness (QED) is 0.492. The van der Waals surface area contributed by atoms with Gasteiger partial charge in [0.25, 0.3) is 5.91 Å². The van der Waals surface area contributed by atoms with E-state index in [9.17, 15) is 14.7 Å². The lowest BCUT2D eigenvalue weighted by molar-refractivity contribution is -0.121. The Hall–Kier alpha value is -3.32. The molecule has 0 unspecified atom stereocenters. The molecule has 3 aromatic rings. The van der Waals surface area contributed by atoms with Gasteiger partial charge in [0, 0.05) is 31.5 Å². The average molecular weight is 414 g/mol. The SMILES string of the molecule is O=C(CCc1ncc(-c2ccccc2Cl)o1)NCCNC(=O)c1ccccc1O. The van der Waals surface area contributed by atoms with Crippen molar-refractivity contribution in [2.75, 3.05) is 13.1 Å². The Labute approximate surface area is 172 Å². The highest BCUT2D eigenvalue weighted by molar-refractivity contribution is 6.33. The molecule has 0 atom stereocenters. The first-order valence-electron chi connectivity index (χ1n) is 9.07. The number of amides is 2. The number of hydrogen-bond acceptors (Lipinski definition) is 5. The number of carbonyl (C=O) groups excluding carboxylic acids is 2. The molecule has 0 fully saturated rings. The zero-order chi connectivity index (χ0) is 20.6. The number of phenols is 1. The molecular formula is C21H20ClN3O4. The Morgan fingerprint density at radius 1 is 1.03 bits per heavy atom. The van der Waals surface area contributed by atoms with Gasteiger partial charge in [-0.25, -0.2) is 4.98 Å². The number of carbonyl (C=O) groups is 2. The number of oxazole rings is 1. The molecule has 0 aliphatic heterocycles. The lowest BCUT2D eigenvalue weighted by Crippen LogP contribution is -2.34. The van der Waals surface area contributed by atoms with Gasteiger partial charge in [-0.3, -0.25) is 9.59 Å². The molecule has 29 heavy (non-hydrogen) atoms. The third-order valence-corrected chi connectivity index (χ3v) is 4.47. The van der Waals surface area contributed by atoms with Crippen molar-refractivity contribution in [2.24, 2.45) is 0 Å². The van der Waals surface area contributed by atoms with E-state index in [0.717, 1.165) is 5.56 Å². The van der Waals surface area contributed by atoms with Crippen LogP contribution in [0.25, 0.3) is 11.3 Å². The van der Waals surface area contributed by atoms with Gasteiger partial charge in [-0.2, -0.15) is 0 Å². The molecule has 2 aromatic carbocycles. The lowest BCUT2D eigenvalue weighted by atomic mass is 10.2. The van der Waals surface area contributed by atoms with Crippen LogP contribution in [-0.2, 0) is 11.2 Å². The molecular weight excluding hydrogens is 394 g/mol. The van der Waals surface area contributed by atoms with Gasteiger partial charge in [0.1, 0.15) is 5.75 Å². The number of aromatic hydroxyl groups is 1. The second-order valence-electron chi connectivity index (χ2n) is 6.22. The van der Waals surface area contributed by atoms with Crippen molar-refractivity contribution in [1.82, 2.24) is 15.6 Å². The minimum Gasteiger partial charge on any atom is -0.507 e. The number of hydrogen-bond donors (Lipinski definition) is 3. The molecule has 0 bridgehead atoms. The summed E-state index contributed by atoms with van der Waals surface area (Å²) in [5.74, 6) is 0.334. The van der Waals surface area contributed by atoms with Crippen LogP contribution in [0.2, 0.25) is 5.02 Å². The van der Waals surface area contributed by atoms with Gasteiger partial charge in [0.15, 0.2) is 11.7 Å². The highest BCUT2D eigenvalue weighted by Gasteiger charge is 2.12. The number of aryl methyl sites for hydroxylation is 1. The molecule has 8 heteroatoms. The number of para-hydroxylation sites is 1. The maximum absolute atomic E-state index is 12.0. The second kappa shape index (κ2) is 9.75. The first kappa shape index (κ1) is 20.4. The summed E-state index contributed by atoms with van der Waals surface area (Å²) in [5, 5.41) is 15.6. The Balaban J connectivity index is 1.39. The van der Waals surface area contributed by atoms with E-state index in [1.807, 2.05) is 18.2 Å². The summed E-state index contributed by atoms with van der Waals surface area (Å²) in [7, 11) is 0. The number of nitrogens with one attached hydrogen (secondary N) is 2. The van der Waals surface area contributed by atoms with E-state index in [-0.39, 0.29) is 36.7 Å². The fourth-order valence-corrected chi connectivity index (χ4v) is 2.89. The van der Waals surface area contributed by atoms with E-state index in [1.54, 1.807) is 24.4 Å². The molecule has 0 aliphatic carbocycles. The molecule has 1 aromatic heterocycles. The number of rotatable bonds is 8. The minimum atomic E-state index is -0.399. The fourth-order valence-electron chi connectivity index (χ4n) is 2.66. The maximum atomic E-state index is 12.0. The highest BCUT2D eigenvalue weighted by atomic mass is 35.5. The largest absolute Gasteiger partial charge is 0.507 e. The van der Waals surface area contributed by atoms with Crippen LogP contribution in [0.4, 0.5) is 0 Å². The van der Waals surface area contributed by atoms with Gasteiger partial charge in [-0.05, 0) is 24.3 Å². The molecule has 2 amide bonds. The van der Waals surface area contributed by atoms with Gasteiger partial charge >= 0.3 is 0 Å². The lowest BCUT2D eigenvalue weighted by Gasteiger charge is -2.07. The topological polar surface area (TPSA) is 104 Å². The molecule has 0 saturated heterocycles. The van der Waals surface area contributed by atoms with E-state index in [0.29, 0.717) is 23.1 Å². The van der Waals surface area contributed by atoms with Gasteiger partial charge < -0.3 is 20.2 Å². The normalized spacial score (nSPS) is 10.5. The smallest absolute Gasteiger partial charge is 0.255 e. The molecule has 3 N–H and O–H groups in total. The van der Waals surface area contributed by atoms with E-state index in [2.05, 4.69) is 15.6 Å². The fraction of sp³-hybridized carbons (Fsp3) is 0.190. The van der Waals surface area contributed by atoms with Crippen molar-refractivity contribution in [3.8, 4) is 17.1 Å². The number of halogens is 1. The summed E-state index contributed by atoms with van der Waals surface area (Å²) < 4.78 is 5.66. The van der Waals surface area contributed by atoms with Gasteiger partial charge in [0.2, 0.25) is 5.91 Å². The van der Waals surface area contributed by atoms with Crippen LogP contribution in [0.3, 0.4) is 0 Å². The molecule has 1 heterocycles. The van der Waals surface area contributed by atoms with Crippen LogP contribution in [0.5, 0.6) is 5.75 Å². The number of phenolic OH excluding ortho intramolecular Hbond substituents is 1. The zero-order valence-corrected chi connectivity index (χ0v) is 16.3. The van der Waals surface area contributed by atoms with Crippen LogP contribution in [-0.4, -0.2) is 35.0 Å². The Bertz CT molecular complexity index is 1000. The Morgan fingerprint density at radius 2 is 1.76 bits per heavy atom. The second-order valence-corrected chi connectivity index (χ2v) is 6.63. The monoisotopic (exact) mass is 413 g/mol. The molecule has 3 rings (SSSR count). The Morgan fingerprint density at radius 3 is 2.55 bits per heavy atom. The third-order valence-electron chi connectivity index (χ3n) is 4.14. The average Bonchev–Trinajstić information content (AvgIpc) is 3.19. The van der Waals surface area contributed by atoms with Crippen molar-refractivity contribution >= 4 is 23.4 Å². The van der Waals surface area contributed by atoms with Crippen LogP contribution >= 0.6 is 11.6 Å². The first-order chi connectivity index (χ1) is 14.0. The zero-order valence-electron chi connectivity index (χ0n) is 15.5. The number of aromatic nitrogens is 1. The predicted octanol–water partition coefficient (Wildman–Crippen LogP) is 3.18. The molecule has 7 nitrogen and oxygen atoms in total. The minimum absolute atomic E-state index is 0.0869. The number of nitrogens with zero attached hydrogens (tertiary/aromatic N) is 1. The molecule has 0 spiro atoms. The summed E-state index contributed by atoms with van der Waals surface area (Å²) in [6.45, 7) is 0.517. The van der Waals surface area contributed by atoms with Crippen molar-refractivity contribution in [1.29, 1.82) is 0 Å². The summed E-state index contributed by atoms with van der Waals surface area (Å²) in [6, 6.07) is 13.6. The van der Waals surface area contributed by atoms with Gasteiger partial charge in [-0.1, -0.05) is 35.9 Å². The van der Waals surface area contributed by atoms with Crippen molar-refractivity contribution in [3.05, 3.63) is 71.2 Å². The highest BCUT2D eigenvalue weighted by Crippen LogP contribution is 2.28.